The van der Waals surface area contributed by atoms with E-state index in [1.54, 1.807) is 7.11 Å². The highest BCUT2D eigenvalue weighted by atomic mass is 16.5. The fraction of sp³-hybridized carbons (Fsp3) is 0.462. The largest absolute Gasteiger partial charge is 0.497 e. The van der Waals surface area contributed by atoms with Crippen LogP contribution in [-0.4, -0.2) is 25.5 Å². The molecule has 1 fully saturated rings. The Labute approximate surface area is 95.8 Å². The molecule has 1 aliphatic rings. The Bertz CT molecular complexity index is 376. The van der Waals surface area contributed by atoms with Gasteiger partial charge >= 0.3 is 0 Å². The second kappa shape index (κ2) is 5.12. The molecule has 1 saturated heterocycles. The van der Waals surface area contributed by atoms with Gasteiger partial charge in [-0.15, -0.1) is 0 Å². The number of hydrogen-bond donors (Lipinski definition) is 1. The molecule has 0 aromatic heterocycles. The maximum absolute atomic E-state index is 11.3. The van der Waals surface area contributed by atoms with Crippen LogP contribution in [0.3, 0.4) is 0 Å². The molecule has 3 nitrogen and oxygen atoms in total. The molecule has 0 radical (unpaired) electrons. The molecule has 0 aliphatic carbocycles. The summed E-state index contributed by atoms with van der Waals surface area (Å²) in [6, 6.07) is 8.31. The van der Waals surface area contributed by atoms with Crippen molar-refractivity contribution in [3.63, 3.8) is 0 Å². The summed E-state index contributed by atoms with van der Waals surface area (Å²) in [7, 11) is 1.67. The fourth-order valence-corrected chi connectivity index (χ4v) is 2.09. The summed E-state index contributed by atoms with van der Waals surface area (Å²) in [6.45, 7) is 0.813. The number of carbonyl (C=O) groups excluding carboxylic acids is 1. The van der Waals surface area contributed by atoms with E-state index in [0.29, 0.717) is 18.6 Å². The first-order valence-electron chi connectivity index (χ1n) is 5.66. The van der Waals surface area contributed by atoms with Gasteiger partial charge in [0.15, 0.2) is 0 Å². The van der Waals surface area contributed by atoms with Gasteiger partial charge in [-0.25, -0.2) is 0 Å². The number of Topliss-reactive ketones (excluding diaryl/α,β-unsaturated/α-hetero) is 1. The van der Waals surface area contributed by atoms with E-state index in [0.717, 1.165) is 18.7 Å². The van der Waals surface area contributed by atoms with E-state index in [1.165, 1.54) is 5.56 Å². The average Bonchev–Trinajstić information content (AvgIpc) is 2.29. The zero-order valence-electron chi connectivity index (χ0n) is 9.53. The van der Waals surface area contributed by atoms with Crippen molar-refractivity contribution in [1.29, 1.82) is 0 Å². The summed E-state index contributed by atoms with van der Waals surface area (Å²) < 4.78 is 5.18. The molecule has 1 unspecified atom stereocenters. The first kappa shape index (κ1) is 11.1. The molecule has 0 saturated carbocycles. The van der Waals surface area contributed by atoms with E-state index in [9.17, 15) is 4.79 Å². The molecule has 1 N–H and O–H groups in total. The van der Waals surface area contributed by atoms with Gasteiger partial charge in [0, 0.05) is 25.4 Å². The summed E-state index contributed by atoms with van der Waals surface area (Å²) in [4.78, 5) is 11.3. The van der Waals surface area contributed by atoms with Crippen molar-refractivity contribution in [2.75, 3.05) is 13.7 Å². The minimum Gasteiger partial charge on any atom is -0.497 e. The number of carbonyl (C=O) groups is 1. The number of nitrogens with one attached hydrogen (secondary N) is 1. The zero-order chi connectivity index (χ0) is 11.4. The third kappa shape index (κ3) is 2.83. The van der Waals surface area contributed by atoms with Crippen LogP contribution in [0.5, 0.6) is 5.75 Å². The standard InChI is InChI=1S/C13H17NO2/c1-16-13-4-2-3-10(8-13)7-11-9-12(15)5-6-14-11/h2-4,8,11,14H,5-7,9H2,1H3. The first-order valence-corrected chi connectivity index (χ1v) is 5.66. The van der Waals surface area contributed by atoms with Crippen LogP contribution >= 0.6 is 0 Å². The van der Waals surface area contributed by atoms with E-state index >= 15 is 0 Å². The molecule has 0 spiro atoms. The third-order valence-electron chi connectivity index (χ3n) is 2.93. The monoisotopic (exact) mass is 219 g/mol. The minimum absolute atomic E-state index is 0.286. The quantitative estimate of drug-likeness (QED) is 0.838. The number of rotatable bonds is 3. The number of hydrogen-bond acceptors (Lipinski definition) is 3. The van der Waals surface area contributed by atoms with E-state index < -0.39 is 0 Å². The molecule has 3 heteroatoms. The van der Waals surface area contributed by atoms with Gasteiger partial charge in [-0.2, -0.15) is 0 Å². The van der Waals surface area contributed by atoms with E-state index in [4.69, 9.17) is 4.74 Å². The van der Waals surface area contributed by atoms with Gasteiger partial charge in [0.2, 0.25) is 0 Å². The van der Waals surface area contributed by atoms with Crippen molar-refractivity contribution in [2.24, 2.45) is 0 Å². The molecule has 1 aromatic carbocycles. The van der Waals surface area contributed by atoms with E-state index in [1.807, 2.05) is 18.2 Å². The number of ketones is 1. The van der Waals surface area contributed by atoms with Gasteiger partial charge in [0.1, 0.15) is 11.5 Å². The fourth-order valence-electron chi connectivity index (χ4n) is 2.09. The number of benzene rings is 1. The normalized spacial score (nSPS) is 20.8. The molecule has 1 aliphatic heterocycles. The second-order valence-electron chi connectivity index (χ2n) is 4.20. The molecular weight excluding hydrogens is 202 g/mol. The van der Waals surface area contributed by atoms with Crippen LogP contribution in [0.15, 0.2) is 24.3 Å². The number of piperidine rings is 1. The van der Waals surface area contributed by atoms with Crippen LogP contribution < -0.4 is 10.1 Å². The van der Waals surface area contributed by atoms with Gasteiger partial charge in [-0.05, 0) is 24.1 Å². The lowest BCUT2D eigenvalue weighted by Gasteiger charge is -2.22. The van der Waals surface area contributed by atoms with Crippen molar-refractivity contribution >= 4 is 5.78 Å². The molecule has 86 valence electrons. The minimum atomic E-state index is 0.286. The van der Waals surface area contributed by atoms with Gasteiger partial charge in [0.25, 0.3) is 0 Å². The van der Waals surface area contributed by atoms with E-state index in [-0.39, 0.29) is 6.04 Å². The lowest BCUT2D eigenvalue weighted by Crippen LogP contribution is -2.39. The lowest BCUT2D eigenvalue weighted by atomic mass is 9.97. The maximum Gasteiger partial charge on any atom is 0.135 e. The highest BCUT2D eigenvalue weighted by Crippen LogP contribution is 2.16. The summed E-state index contributed by atoms with van der Waals surface area (Å²) in [5.41, 5.74) is 1.21. The predicted octanol–water partition coefficient (Wildman–Crippen LogP) is 1.56. The van der Waals surface area contributed by atoms with Gasteiger partial charge in [0.05, 0.1) is 7.11 Å². The van der Waals surface area contributed by atoms with Crippen LogP contribution in [-0.2, 0) is 11.2 Å². The molecule has 0 bridgehead atoms. The van der Waals surface area contributed by atoms with Crippen molar-refractivity contribution in [1.82, 2.24) is 5.32 Å². The van der Waals surface area contributed by atoms with Crippen molar-refractivity contribution < 1.29 is 9.53 Å². The van der Waals surface area contributed by atoms with Crippen LogP contribution in [0.2, 0.25) is 0 Å². The molecule has 1 heterocycles. The molecule has 1 aromatic rings. The second-order valence-corrected chi connectivity index (χ2v) is 4.20. The summed E-state index contributed by atoms with van der Waals surface area (Å²) >= 11 is 0. The topological polar surface area (TPSA) is 38.3 Å². The van der Waals surface area contributed by atoms with Crippen molar-refractivity contribution in [3.8, 4) is 5.75 Å². The Balaban J connectivity index is 1.99. The first-order chi connectivity index (χ1) is 7.78. The predicted molar refractivity (Wildman–Crippen MR) is 62.7 cm³/mol. The Hall–Kier alpha value is -1.35. The zero-order valence-corrected chi connectivity index (χ0v) is 9.53. The molecular formula is C13H17NO2. The van der Waals surface area contributed by atoms with Gasteiger partial charge in [-0.1, -0.05) is 12.1 Å². The lowest BCUT2D eigenvalue weighted by molar-refractivity contribution is -0.120. The van der Waals surface area contributed by atoms with Crippen molar-refractivity contribution in [3.05, 3.63) is 29.8 Å². The SMILES string of the molecule is COc1cccc(CC2CC(=O)CCN2)c1. The maximum atomic E-state index is 11.3. The Morgan fingerprint density at radius 2 is 2.38 bits per heavy atom. The molecule has 2 rings (SSSR count). The molecule has 1 atom stereocenters. The highest BCUT2D eigenvalue weighted by Gasteiger charge is 2.18. The highest BCUT2D eigenvalue weighted by molar-refractivity contribution is 5.80. The van der Waals surface area contributed by atoms with E-state index in [2.05, 4.69) is 11.4 Å². The average molecular weight is 219 g/mol. The van der Waals surface area contributed by atoms with Crippen LogP contribution in [0.25, 0.3) is 0 Å². The Kier molecular flexibility index (Phi) is 3.57. The van der Waals surface area contributed by atoms with Crippen LogP contribution in [0, 0.1) is 0 Å². The molecule has 0 amide bonds. The van der Waals surface area contributed by atoms with Gasteiger partial charge in [-0.3, -0.25) is 4.79 Å². The third-order valence-corrected chi connectivity index (χ3v) is 2.93. The Morgan fingerprint density at radius 3 is 3.12 bits per heavy atom. The Morgan fingerprint density at radius 1 is 1.50 bits per heavy atom. The number of ether oxygens (including phenoxy) is 1. The number of methoxy groups -OCH3 is 1. The summed E-state index contributed by atoms with van der Waals surface area (Å²) in [5, 5.41) is 3.37. The summed E-state index contributed by atoms with van der Waals surface area (Å²) in [5.74, 6) is 1.24. The summed E-state index contributed by atoms with van der Waals surface area (Å²) in [6.07, 6.45) is 2.22. The smallest absolute Gasteiger partial charge is 0.135 e. The van der Waals surface area contributed by atoms with Gasteiger partial charge < -0.3 is 10.1 Å². The van der Waals surface area contributed by atoms with Crippen molar-refractivity contribution in [2.45, 2.75) is 25.3 Å². The molecule has 16 heavy (non-hydrogen) atoms. The van der Waals surface area contributed by atoms with Crippen LogP contribution in [0.4, 0.5) is 0 Å². The van der Waals surface area contributed by atoms with Crippen LogP contribution in [0.1, 0.15) is 18.4 Å².